The van der Waals surface area contributed by atoms with Gasteiger partial charge in [-0.3, -0.25) is 4.79 Å². The first-order valence-electron chi connectivity index (χ1n) is 8.41. The van der Waals surface area contributed by atoms with Crippen LogP contribution in [-0.4, -0.2) is 29.4 Å². The lowest BCUT2D eigenvalue weighted by atomic mass is 10.1. The molecule has 3 rings (SSSR count). The van der Waals surface area contributed by atoms with Crippen molar-refractivity contribution in [2.75, 3.05) is 11.4 Å². The van der Waals surface area contributed by atoms with Gasteiger partial charge in [-0.2, -0.15) is 13.2 Å². The number of aliphatic hydroxyl groups is 1. The van der Waals surface area contributed by atoms with Crippen LogP contribution in [0.25, 0.3) is 0 Å². The molecule has 1 fully saturated rings. The van der Waals surface area contributed by atoms with Gasteiger partial charge in [-0.1, -0.05) is 30.3 Å². The van der Waals surface area contributed by atoms with Gasteiger partial charge in [0.1, 0.15) is 0 Å². The third-order valence-corrected chi connectivity index (χ3v) is 4.30. The summed E-state index contributed by atoms with van der Waals surface area (Å²) < 4.78 is 42.5. The number of hydrogen-bond acceptors (Lipinski definition) is 4. The molecule has 0 radical (unpaired) electrons. The molecule has 9 heteroatoms. The predicted octanol–water partition coefficient (Wildman–Crippen LogP) is 3.06. The second kappa shape index (κ2) is 7.51. The number of rotatable bonds is 4. The van der Waals surface area contributed by atoms with E-state index >= 15 is 0 Å². The van der Waals surface area contributed by atoms with E-state index in [0.717, 1.165) is 12.1 Å². The van der Waals surface area contributed by atoms with Gasteiger partial charge < -0.3 is 20.1 Å². The number of para-hydroxylation sites is 1. The van der Waals surface area contributed by atoms with E-state index in [1.54, 1.807) is 30.3 Å². The smallest absolute Gasteiger partial charge is 0.407 e. The maximum atomic E-state index is 12.5. The fourth-order valence-electron chi connectivity index (χ4n) is 2.81. The van der Waals surface area contributed by atoms with Crippen LogP contribution in [0.5, 0.6) is 0 Å². The van der Waals surface area contributed by atoms with E-state index in [2.05, 4.69) is 5.32 Å². The summed E-state index contributed by atoms with van der Waals surface area (Å²) in [6, 6.07) is 12.9. The standard InChI is InChI=1S/C19H17F3N2O4/c20-19(21,22)14-8-6-13(7-9-14)12-23-17(26)28-18(27)10-11-24(16(18)25)15-4-2-1-3-5-15/h1-9,27H,10-12H2,(H,23,26)/t18-/m0/s1. The number of nitrogens with zero attached hydrogens (tertiary/aromatic N) is 1. The summed E-state index contributed by atoms with van der Waals surface area (Å²) >= 11 is 0. The van der Waals surface area contributed by atoms with Crippen molar-refractivity contribution in [2.24, 2.45) is 0 Å². The zero-order valence-corrected chi connectivity index (χ0v) is 14.6. The molecule has 1 aliphatic rings. The van der Waals surface area contributed by atoms with Gasteiger partial charge in [-0.15, -0.1) is 0 Å². The van der Waals surface area contributed by atoms with Crippen molar-refractivity contribution < 1.29 is 32.6 Å². The summed E-state index contributed by atoms with van der Waals surface area (Å²) in [5.74, 6) is -3.05. The SMILES string of the molecule is O=C(NCc1ccc(C(F)(F)F)cc1)O[C@@]1(O)CCN(c2ccccc2)C1=O. The molecule has 1 heterocycles. The van der Waals surface area contributed by atoms with Gasteiger partial charge in [0.2, 0.25) is 0 Å². The number of alkyl carbamates (subject to hydrolysis) is 1. The van der Waals surface area contributed by atoms with Gasteiger partial charge in [0.25, 0.3) is 11.7 Å². The highest BCUT2D eigenvalue weighted by molar-refractivity contribution is 6.01. The number of anilines is 1. The molecule has 1 aliphatic heterocycles. The zero-order valence-electron chi connectivity index (χ0n) is 14.6. The molecule has 1 atom stereocenters. The first-order chi connectivity index (χ1) is 13.2. The highest BCUT2D eigenvalue weighted by atomic mass is 19.4. The molecular formula is C19H17F3N2O4. The minimum atomic E-state index is -4.44. The van der Waals surface area contributed by atoms with Gasteiger partial charge >= 0.3 is 12.3 Å². The maximum Gasteiger partial charge on any atom is 0.416 e. The predicted molar refractivity (Wildman–Crippen MR) is 93.1 cm³/mol. The molecule has 6 nitrogen and oxygen atoms in total. The summed E-state index contributed by atoms with van der Waals surface area (Å²) in [4.78, 5) is 25.7. The number of carbonyl (C=O) groups is 2. The highest BCUT2D eigenvalue weighted by Crippen LogP contribution is 2.30. The van der Waals surface area contributed by atoms with Gasteiger partial charge in [0.15, 0.2) is 0 Å². The molecule has 0 unspecified atom stereocenters. The molecule has 0 spiro atoms. The van der Waals surface area contributed by atoms with E-state index in [1.165, 1.54) is 17.0 Å². The average molecular weight is 394 g/mol. The molecule has 0 aromatic heterocycles. The van der Waals surface area contributed by atoms with Crippen molar-refractivity contribution >= 4 is 17.7 Å². The fraction of sp³-hybridized carbons (Fsp3) is 0.263. The number of benzene rings is 2. The van der Waals surface area contributed by atoms with Crippen LogP contribution >= 0.6 is 0 Å². The first-order valence-corrected chi connectivity index (χ1v) is 8.41. The molecule has 0 aliphatic carbocycles. The highest BCUT2D eigenvalue weighted by Gasteiger charge is 2.49. The van der Waals surface area contributed by atoms with Crippen molar-refractivity contribution in [2.45, 2.75) is 24.9 Å². The van der Waals surface area contributed by atoms with Crippen molar-refractivity contribution in [3.63, 3.8) is 0 Å². The minimum absolute atomic E-state index is 0.103. The molecule has 148 valence electrons. The Balaban J connectivity index is 1.57. The quantitative estimate of drug-likeness (QED) is 0.782. The largest absolute Gasteiger partial charge is 0.416 e. The van der Waals surface area contributed by atoms with Crippen molar-refractivity contribution in [3.05, 3.63) is 65.7 Å². The van der Waals surface area contributed by atoms with Crippen molar-refractivity contribution in [1.82, 2.24) is 5.32 Å². The zero-order chi connectivity index (χ0) is 20.4. The Morgan fingerprint density at radius 1 is 1.14 bits per heavy atom. The van der Waals surface area contributed by atoms with Gasteiger partial charge in [0.05, 0.1) is 5.56 Å². The third kappa shape index (κ3) is 4.25. The molecule has 0 saturated carbocycles. The number of nitrogens with one attached hydrogen (secondary N) is 1. The summed E-state index contributed by atoms with van der Waals surface area (Å²) in [5.41, 5.74) is 0.170. The Morgan fingerprint density at radius 3 is 2.39 bits per heavy atom. The lowest BCUT2D eigenvalue weighted by molar-refractivity contribution is -0.175. The Hall–Kier alpha value is -3.07. The number of ether oxygens (including phenoxy) is 1. The van der Waals surface area contributed by atoms with Crippen LogP contribution in [0.4, 0.5) is 23.7 Å². The molecule has 1 saturated heterocycles. The van der Waals surface area contributed by atoms with Crippen LogP contribution in [0, 0.1) is 0 Å². The van der Waals surface area contributed by atoms with Crippen LogP contribution in [0.1, 0.15) is 17.5 Å². The molecule has 0 bridgehead atoms. The Morgan fingerprint density at radius 2 is 1.79 bits per heavy atom. The van der Waals surface area contributed by atoms with E-state index < -0.39 is 29.5 Å². The Bertz CT molecular complexity index is 856. The summed E-state index contributed by atoms with van der Waals surface area (Å²) in [6.45, 7) is 0.0508. The number of alkyl halides is 3. The molecule has 2 aromatic rings. The van der Waals surface area contributed by atoms with E-state index in [0.29, 0.717) is 11.3 Å². The number of halogens is 3. The summed E-state index contributed by atoms with van der Waals surface area (Å²) in [7, 11) is 0. The Labute approximate surface area is 158 Å². The molecule has 2 amide bonds. The van der Waals surface area contributed by atoms with Gasteiger partial charge in [0, 0.05) is 25.2 Å². The van der Waals surface area contributed by atoms with Crippen LogP contribution < -0.4 is 10.2 Å². The molecular weight excluding hydrogens is 377 g/mol. The van der Waals surface area contributed by atoms with Crippen LogP contribution in [0.2, 0.25) is 0 Å². The topological polar surface area (TPSA) is 78.9 Å². The van der Waals surface area contributed by atoms with Crippen LogP contribution in [-0.2, 0) is 22.3 Å². The number of hydrogen-bond donors (Lipinski definition) is 2. The normalized spacial score (nSPS) is 19.6. The third-order valence-electron chi connectivity index (χ3n) is 4.30. The second-order valence-electron chi connectivity index (χ2n) is 6.26. The van der Waals surface area contributed by atoms with Crippen LogP contribution in [0.15, 0.2) is 54.6 Å². The van der Waals surface area contributed by atoms with Gasteiger partial charge in [-0.05, 0) is 29.8 Å². The number of carbonyl (C=O) groups excluding carboxylic acids is 2. The molecule has 2 N–H and O–H groups in total. The maximum absolute atomic E-state index is 12.5. The van der Waals surface area contributed by atoms with Crippen LogP contribution in [0.3, 0.4) is 0 Å². The van der Waals surface area contributed by atoms with Gasteiger partial charge in [-0.25, -0.2) is 4.79 Å². The fourth-order valence-corrected chi connectivity index (χ4v) is 2.81. The average Bonchev–Trinajstić information content (AvgIpc) is 2.95. The van der Waals surface area contributed by atoms with Crippen molar-refractivity contribution in [3.8, 4) is 0 Å². The summed E-state index contributed by atoms with van der Waals surface area (Å²) in [5, 5.41) is 12.7. The molecule has 2 aromatic carbocycles. The summed E-state index contributed by atoms with van der Waals surface area (Å²) in [6.07, 6.45) is -5.60. The lowest BCUT2D eigenvalue weighted by Crippen LogP contribution is -2.46. The monoisotopic (exact) mass is 394 g/mol. The minimum Gasteiger partial charge on any atom is -0.407 e. The lowest BCUT2D eigenvalue weighted by Gasteiger charge is -2.22. The number of amides is 2. The van der Waals surface area contributed by atoms with Crippen molar-refractivity contribution in [1.29, 1.82) is 0 Å². The van der Waals surface area contributed by atoms with E-state index in [1.807, 2.05) is 0 Å². The van der Waals surface area contributed by atoms with E-state index in [9.17, 15) is 27.9 Å². The van der Waals surface area contributed by atoms with E-state index in [-0.39, 0.29) is 19.5 Å². The van der Waals surface area contributed by atoms with E-state index in [4.69, 9.17) is 4.74 Å². The Kier molecular flexibility index (Phi) is 5.28. The first kappa shape index (κ1) is 19.7. The second-order valence-corrected chi connectivity index (χ2v) is 6.26. The molecule has 28 heavy (non-hydrogen) atoms.